The molecule has 0 heterocycles. The van der Waals surface area contributed by atoms with Crippen molar-refractivity contribution in [2.45, 2.75) is 79.4 Å². The lowest BCUT2D eigenvalue weighted by molar-refractivity contribution is -0.156. The maximum Gasteiger partial charge on any atom is 0.307 e. The standard InChI is InChI=1S/C33H47NO7/c1-23(2)11-8-9-12-24(3)13-10-14-25(4)15-16-27-26(5)31(40)28(19-32(27,6)7)41-30(39)18-17-29(38)34-33(20-35,21-36)22-37/h8-16,28,35-37H,17-22H2,1-7H3,(H,34,38)/b9-8+,13-10+,16-15+,24-12+,25-14+. The second kappa shape index (κ2) is 16.8. The first-order valence-corrected chi connectivity index (χ1v) is 13.8. The molecule has 0 aromatic carbocycles. The molecular weight excluding hydrogens is 522 g/mol. The maximum atomic E-state index is 13.1. The number of nitrogens with one attached hydrogen (secondary N) is 1. The van der Waals surface area contributed by atoms with Gasteiger partial charge in [0.2, 0.25) is 5.91 Å². The van der Waals surface area contributed by atoms with Crippen molar-refractivity contribution in [3.05, 3.63) is 82.5 Å². The average molecular weight is 570 g/mol. The summed E-state index contributed by atoms with van der Waals surface area (Å²) in [5.41, 5.74) is 2.76. The Kier molecular flexibility index (Phi) is 14.6. The number of ether oxygens (including phenoxy) is 1. The number of esters is 1. The molecule has 8 heteroatoms. The van der Waals surface area contributed by atoms with E-state index in [-0.39, 0.29) is 18.6 Å². The van der Waals surface area contributed by atoms with Crippen LogP contribution in [0.2, 0.25) is 0 Å². The van der Waals surface area contributed by atoms with E-state index in [1.807, 2.05) is 82.4 Å². The molecule has 0 saturated heterocycles. The number of rotatable bonds is 14. The van der Waals surface area contributed by atoms with Crippen molar-refractivity contribution < 1.29 is 34.4 Å². The summed E-state index contributed by atoms with van der Waals surface area (Å²) in [5.74, 6) is -1.62. The second-order valence-electron chi connectivity index (χ2n) is 11.4. The third kappa shape index (κ3) is 12.0. The molecule has 0 bridgehead atoms. The second-order valence-corrected chi connectivity index (χ2v) is 11.4. The zero-order chi connectivity index (χ0) is 31.2. The number of hydrogen-bond acceptors (Lipinski definition) is 7. The third-order valence-electron chi connectivity index (χ3n) is 6.76. The van der Waals surface area contributed by atoms with Gasteiger partial charge in [-0.2, -0.15) is 0 Å². The van der Waals surface area contributed by atoms with Crippen LogP contribution >= 0.6 is 0 Å². The lowest BCUT2D eigenvalue weighted by atomic mass is 9.71. The molecule has 226 valence electrons. The molecule has 1 unspecified atom stereocenters. The fraction of sp³-hybridized carbons (Fsp3) is 0.485. The van der Waals surface area contributed by atoms with E-state index in [0.29, 0.717) is 12.0 Å². The summed E-state index contributed by atoms with van der Waals surface area (Å²) in [6, 6.07) is 0. The summed E-state index contributed by atoms with van der Waals surface area (Å²) in [7, 11) is 0. The van der Waals surface area contributed by atoms with Gasteiger partial charge in [-0.15, -0.1) is 0 Å². The Morgan fingerprint density at radius 3 is 2.07 bits per heavy atom. The third-order valence-corrected chi connectivity index (χ3v) is 6.76. The lowest BCUT2D eigenvalue weighted by Gasteiger charge is -2.36. The first kappa shape index (κ1) is 35.7. The number of carbonyl (C=O) groups excluding carboxylic acids is 3. The molecule has 0 aromatic rings. The van der Waals surface area contributed by atoms with Gasteiger partial charge in [0, 0.05) is 12.8 Å². The highest BCUT2D eigenvalue weighted by molar-refractivity contribution is 6.01. The van der Waals surface area contributed by atoms with Crippen LogP contribution in [-0.2, 0) is 19.1 Å². The largest absolute Gasteiger partial charge is 0.454 e. The fourth-order valence-corrected chi connectivity index (χ4v) is 4.19. The number of Topliss-reactive ketones (excluding diaryl/α,β-unsaturated/α-hetero) is 1. The van der Waals surface area contributed by atoms with Gasteiger partial charge in [-0.1, -0.05) is 85.3 Å². The van der Waals surface area contributed by atoms with Crippen molar-refractivity contribution in [1.82, 2.24) is 5.32 Å². The Hall–Kier alpha value is -3.33. The van der Waals surface area contributed by atoms with Gasteiger partial charge in [-0.05, 0) is 51.2 Å². The van der Waals surface area contributed by atoms with Crippen LogP contribution in [0.1, 0.15) is 67.7 Å². The minimum absolute atomic E-state index is 0.273. The molecular formula is C33H47NO7. The molecule has 1 amide bonds. The van der Waals surface area contributed by atoms with Crippen LogP contribution < -0.4 is 5.32 Å². The van der Waals surface area contributed by atoms with Gasteiger partial charge in [-0.25, -0.2) is 0 Å². The van der Waals surface area contributed by atoms with Gasteiger partial charge in [0.25, 0.3) is 0 Å². The van der Waals surface area contributed by atoms with Crippen LogP contribution in [-0.4, -0.2) is 64.4 Å². The number of ketones is 1. The molecule has 0 aromatic heterocycles. The van der Waals surface area contributed by atoms with Crippen LogP contribution in [0.25, 0.3) is 0 Å². The van der Waals surface area contributed by atoms with Crippen molar-refractivity contribution >= 4 is 17.7 Å². The summed E-state index contributed by atoms with van der Waals surface area (Å²) in [6.45, 7) is 11.8. The van der Waals surface area contributed by atoms with E-state index < -0.39 is 48.8 Å². The van der Waals surface area contributed by atoms with Crippen LogP contribution in [0.3, 0.4) is 0 Å². The number of aliphatic hydroxyl groups is 3. The molecule has 0 saturated carbocycles. The van der Waals surface area contributed by atoms with E-state index in [0.717, 1.165) is 16.7 Å². The zero-order valence-corrected chi connectivity index (χ0v) is 25.5. The van der Waals surface area contributed by atoms with Gasteiger partial charge in [0.15, 0.2) is 11.9 Å². The van der Waals surface area contributed by atoms with E-state index in [1.54, 1.807) is 6.92 Å². The van der Waals surface area contributed by atoms with E-state index in [9.17, 15) is 29.7 Å². The van der Waals surface area contributed by atoms with Crippen LogP contribution in [0, 0.1) is 5.41 Å². The van der Waals surface area contributed by atoms with Gasteiger partial charge in [0.1, 0.15) is 5.54 Å². The molecule has 41 heavy (non-hydrogen) atoms. The Bertz CT molecular complexity index is 1150. The first-order chi connectivity index (χ1) is 19.2. The van der Waals surface area contributed by atoms with Crippen molar-refractivity contribution in [2.75, 3.05) is 19.8 Å². The van der Waals surface area contributed by atoms with Gasteiger partial charge < -0.3 is 25.4 Å². The predicted molar refractivity (Wildman–Crippen MR) is 162 cm³/mol. The van der Waals surface area contributed by atoms with Gasteiger partial charge >= 0.3 is 5.97 Å². The monoisotopic (exact) mass is 569 g/mol. The normalized spacial score (nSPS) is 18.5. The highest BCUT2D eigenvalue weighted by Crippen LogP contribution is 2.40. The zero-order valence-electron chi connectivity index (χ0n) is 25.5. The molecule has 0 fully saturated rings. The Morgan fingerprint density at radius 2 is 1.49 bits per heavy atom. The molecule has 8 nitrogen and oxygen atoms in total. The molecule has 4 N–H and O–H groups in total. The number of carbonyl (C=O) groups is 3. The topological polar surface area (TPSA) is 133 Å². The smallest absolute Gasteiger partial charge is 0.307 e. The summed E-state index contributed by atoms with van der Waals surface area (Å²) in [4.78, 5) is 37.7. The first-order valence-electron chi connectivity index (χ1n) is 13.8. The summed E-state index contributed by atoms with van der Waals surface area (Å²) < 4.78 is 5.46. The molecule has 1 atom stereocenters. The molecule has 0 aliphatic heterocycles. The summed E-state index contributed by atoms with van der Waals surface area (Å²) in [5, 5.41) is 30.3. The SMILES string of the molecule is CC(C)=C/C=C/C=C(C)/C=C/C=C(C)/C=C/C1=C(C)C(=O)C(OC(=O)CCC(=O)NC(CO)(CO)CO)CC1(C)C. The molecule has 0 spiro atoms. The molecule has 1 aliphatic rings. The van der Waals surface area contributed by atoms with Gasteiger partial charge in [-0.3, -0.25) is 14.4 Å². The van der Waals surface area contributed by atoms with Crippen molar-refractivity contribution in [3.8, 4) is 0 Å². The van der Waals surface area contributed by atoms with Crippen LogP contribution in [0.5, 0.6) is 0 Å². The van der Waals surface area contributed by atoms with Gasteiger partial charge in [0.05, 0.1) is 26.2 Å². The van der Waals surface area contributed by atoms with Crippen molar-refractivity contribution in [3.63, 3.8) is 0 Å². The number of allylic oxidation sites excluding steroid dienone is 13. The van der Waals surface area contributed by atoms with E-state index in [2.05, 4.69) is 19.2 Å². The van der Waals surface area contributed by atoms with Crippen LogP contribution in [0.4, 0.5) is 0 Å². The predicted octanol–water partition coefficient (Wildman–Crippen LogP) is 4.35. The maximum absolute atomic E-state index is 13.1. The highest BCUT2D eigenvalue weighted by Gasteiger charge is 2.40. The van der Waals surface area contributed by atoms with E-state index in [4.69, 9.17) is 4.74 Å². The molecule has 1 rings (SSSR count). The average Bonchev–Trinajstić information content (AvgIpc) is 2.91. The Morgan fingerprint density at radius 1 is 0.927 bits per heavy atom. The Labute approximate surface area is 244 Å². The number of hydrogen-bond donors (Lipinski definition) is 4. The highest BCUT2D eigenvalue weighted by atomic mass is 16.5. The van der Waals surface area contributed by atoms with E-state index >= 15 is 0 Å². The number of aliphatic hydroxyl groups excluding tert-OH is 3. The number of amides is 1. The lowest BCUT2D eigenvalue weighted by Crippen LogP contribution is -2.57. The van der Waals surface area contributed by atoms with Crippen LogP contribution in [0.15, 0.2) is 82.5 Å². The van der Waals surface area contributed by atoms with Crippen molar-refractivity contribution in [2.24, 2.45) is 5.41 Å². The minimum Gasteiger partial charge on any atom is -0.454 e. The molecule has 0 radical (unpaired) electrons. The summed E-state index contributed by atoms with van der Waals surface area (Å²) >= 11 is 0. The molecule has 1 aliphatic carbocycles. The quantitative estimate of drug-likeness (QED) is 0.181. The summed E-state index contributed by atoms with van der Waals surface area (Å²) in [6.07, 6.45) is 16.8. The van der Waals surface area contributed by atoms with Crippen molar-refractivity contribution in [1.29, 1.82) is 0 Å². The Balaban J connectivity index is 2.84. The van der Waals surface area contributed by atoms with E-state index in [1.165, 1.54) is 5.57 Å². The minimum atomic E-state index is -1.57. The fourth-order valence-electron chi connectivity index (χ4n) is 4.19.